The lowest BCUT2D eigenvalue weighted by Crippen LogP contribution is -2.65. The minimum atomic E-state index is -0.998. The van der Waals surface area contributed by atoms with E-state index in [1.165, 1.54) is 0 Å². The van der Waals surface area contributed by atoms with Gasteiger partial charge in [-0.15, -0.1) is 0 Å². The van der Waals surface area contributed by atoms with Gasteiger partial charge in [0.1, 0.15) is 6.04 Å². The molecule has 1 saturated heterocycles. The van der Waals surface area contributed by atoms with Gasteiger partial charge < -0.3 is 25.7 Å². The zero-order valence-corrected chi connectivity index (χ0v) is 26.0. The maximum Gasteiger partial charge on any atom is 0.481 e. The Morgan fingerprint density at radius 3 is 2.55 bits per heavy atom. The average Bonchev–Trinajstić information content (AvgIpc) is 3.32. The third kappa shape index (κ3) is 6.39. The Morgan fingerprint density at radius 1 is 1.14 bits per heavy atom. The molecule has 5 N–H and O–H groups in total. The summed E-state index contributed by atoms with van der Waals surface area (Å²) in [6.07, 6.45) is 2.69. The van der Waals surface area contributed by atoms with Gasteiger partial charge in [-0.2, -0.15) is 0 Å². The van der Waals surface area contributed by atoms with Gasteiger partial charge in [0.25, 0.3) is 11.9 Å². The van der Waals surface area contributed by atoms with Crippen molar-refractivity contribution in [1.82, 2.24) is 16.1 Å². The van der Waals surface area contributed by atoms with E-state index in [4.69, 9.17) is 15.0 Å². The number of nitrogens with two attached hydrogens (primary N) is 1. The molecule has 44 heavy (non-hydrogen) atoms. The Balaban J connectivity index is 1.33. The third-order valence-corrected chi connectivity index (χ3v) is 9.89. The summed E-state index contributed by atoms with van der Waals surface area (Å²) in [4.78, 5) is 41.9. The summed E-state index contributed by atoms with van der Waals surface area (Å²) < 4.78 is 13.2. The van der Waals surface area contributed by atoms with E-state index >= 15 is 0 Å². The van der Waals surface area contributed by atoms with Crippen molar-refractivity contribution in [1.29, 1.82) is 0 Å². The number of benzene rings is 2. The van der Waals surface area contributed by atoms with E-state index in [2.05, 4.69) is 50.2 Å². The van der Waals surface area contributed by atoms with Crippen molar-refractivity contribution >= 4 is 35.7 Å². The van der Waals surface area contributed by atoms with E-state index < -0.39 is 47.5 Å². The van der Waals surface area contributed by atoms with Crippen LogP contribution < -0.4 is 21.8 Å². The van der Waals surface area contributed by atoms with Gasteiger partial charge in [-0.3, -0.25) is 9.59 Å². The number of hydrogen-bond donors (Lipinski definition) is 4. The number of guanidine groups is 1. The predicted molar refractivity (Wildman–Crippen MR) is 168 cm³/mol. The maximum absolute atomic E-state index is 13.9. The third-order valence-electron chi connectivity index (χ3n) is 9.89. The molecule has 0 unspecified atom stereocenters. The number of hydrogen-bond acceptors (Lipinski definition) is 7. The van der Waals surface area contributed by atoms with Crippen LogP contribution in [0.1, 0.15) is 70.7 Å². The molecule has 1 aliphatic heterocycles. The lowest BCUT2D eigenvalue weighted by molar-refractivity contribution is -0.525. The van der Waals surface area contributed by atoms with Crippen LogP contribution in [0.5, 0.6) is 0 Å². The van der Waals surface area contributed by atoms with E-state index in [0.717, 1.165) is 23.6 Å². The summed E-state index contributed by atoms with van der Waals surface area (Å²) in [5.74, 6) is -0.477. The van der Waals surface area contributed by atoms with Crippen molar-refractivity contribution in [2.45, 2.75) is 84.0 Å². The number of amides is 2. The van der Waals surface area contributed by atoms with Crippen molar-refractivity contribution in [3.05, 3.63) is 58.1 Å². The number of carbonyl (C=O) groups excluding carboxylic acids is 2. The van der Waals surface area contributed by atoms with Crippen LogP contribution in [0.4, 0.5) is 0 Å². The molecule has 2 aromatic rings. The molecule has 4 aliphatic rings. The molecule has 12 nitrogen and oxygen atoms in total. The summed E-state index contributed by atoms with van der Waals surface area (Å²) in [6, 6.07) is 12.0. The van der Waals surface area contributed by atoms with Gasteiger partial charge >= 0.3 is 7.12 Å². The highest BCUT2D eigenvalue weighted by molar-refractivity contribution is 6.48. The molecule has 1 heterocycles. The molecule has 2 bridgehead atoms. The first-order valence-corrected chi connectivity index (χ1v) is 15.4. The molecule has 0 radical (unpaired) electrons. The van der Waals surface area contributed by atoms with Crippen LogP contribution in [-0.2, 0) is 14.1 Å². The van der Waals surface area contributed by atoms with Gasteiger partial charge in [0.05, 0.1) is 17.6 Å². The van der Waals surface area contributed by atoms with Crippen molar-refractivity contribution in [2.24, 2.45) is 33.9 Å². The first kappa shape index (κ1) is 31.7. The van der Waals surface area contributed by atoms with Crippen molar-refractivity contribution < 1.29 is 23.9 Å². The number of fused-ring (bicyclic) bond motifs is 1. The highest BCUT2D eigenvalue weighted by Crippen LogP contribution is 2.65. The second-order valence-corrected chi connectivity index (χ2v) is 13.6. The fraction of sp³-hybridized carbons (Fsp3) is 0.581. The van der Waals surface area contributed by atoms with E-state index in [-0.39, 0.29) is 30.4 Å². The van der Waals surface area contributed by atoms with Gasteiger partial charge in [0.15, 0.2) is 5.03 Å². The van der Waals surface area contributed by atoms with Gasteiger partial charge in [-0.1, -0.05) is 63.5 Å². The highest BCUT2D eigenvalue weighted by Gasteiger charge is 2.68. The van der Waals surface area contributed by atoms with Crippen molar-refractivity contribution in [3.63, 3.8) is 0 Å². The minimum Gasteiger partial charge on any atom is -0.404 e. The smallest absolute Gasteiger partial charge is 0.404 e. The Hall–Kier alpha value is -3.71. The lowest BCUT2D eigenvalue weighted by Gasteiger charge is -2.64. The minimum absolute atomic E-state index is 0.0354. The normalized spacial score (nSPS) is 26.8. The number of rotatable bonds is 11. The molecule has 0 aromatic heterocycles. The molecule has 236 valence electrons. The molecule has 13 heteroatoms. The van der Waals surface area contributed by atoms with Gasteiger partial charge in [0.2, 0.25) is 5.91 Å². The first-order valence-electron chi connectivity index (χ1n) is 15.4. The van der Waals surface area contributed by atoms with Crippen molar-refractivity contribution in [3.8, 4) is 0 Å². The fourth-order valence-corrected chi connectivity index (χ4v) is 7.38. The van der Waals surface area contributed by atoms with Crippen LogP contribution in [0.25, 0.3) is 10.8 Å². The second kappa shape index (κ2) is 12.4. The van der Waals surface area contributed by atoms with Gasteiger partial charge in [-0.25, -0.2) is 15.1 Å². The molecular weight excluding hydrogens is 563 g/mol. The zero-order chi connectivity index (χ0) is 31.8. The molecule has 2 aromatic carbocycles. The molecule has 3 saturated carbocycles. The average molecular weight is 607 g/mol. The molecular formula is C31H43BN6O6. The van der Waals surface area contributed by atoms with Crippen LogP contribution in [-0.4, -0.2) is 60.2 Å². The first-order chi connectivity index (χ1) is 20.8. The number of nitrogens with one attached hydrogen (secondary N) is 3. The maximum atomic E-state index is 13.9. The van der Waals surface area contributed by atoms with Gasteiger partial charge in [-0.05, 0) is 78.7 Å². The standard InChI is InChI=1S/C31H43BN6O6/c1-18(2)14-26(32-43-25-17-22-16-24(30(22,3)4)31(25,5)44-32)36-28(40)23(12-13-34-29(33)37-38(41)42)35-27(39)21-11-10-19-8-6-7-9-20(19)15-21/h6-11,15,18,22-26H,12-14,16-17H2,1-5H3,(H,35,39)(H,36,40)(H3,33,34,37)/t22-,23-,24-,25+,26-,31-/m0/s1. The van der Waals surface area contributed by atoms with E-state index in [1.807, 2.05) is 30.3 Å². The van der Waals surface area contributed by atoms with E-state index in [9.17, 15) is 19.7 Å². The summed E-state index contributed by atoms with van der Waals surface area (Å²) in [6.45, 7) is 10.9. The largest absolute Gasteiger partial charge is 0.481 e. The lowest BCUT2D eigenvalue weighted by atomic mass is 9.43. The van der Waals surface area contributed by atoms with E-state index in [0.29, 0.717) is 23.8 Å². The Kier molecular flexibility index (Phi) is 8.90. The van der Waals surface area contributed by atoms with Crippen LogP contribution in [0.3, 0.4) is 0 Å². The Morgan fingerprint density at radius 2 is 1.86 bits per heavy atom. The second-order valence-electron chi connectivity index (χ2n) is 13.6. The Labute approximate surface area is 258 Å². The summed E-state index contributed by atoms with van der Waals surface area (Å²) >= 11 is 0. The predicted octanol–water partition coefficient (Wildman–Crippen LogP) is 3.22. The highest BCUT2D eigenvalue weighted by atomic mass is 16.7. The summed E-state index contributed by atoms with van der Waals surface area (Å²) in [5, 5.41) is 17.7. The Bertz CT molecular complexity index is 1450. The van der Waals surface area contributed by atoms with Crippen LogP contribution in [0, 0.1) is 33.3 Å². The van der Waals surface area contributed by atoms with Crippen LogP contribution >= 0.6 is 0 Å². The molecule has 4 fully saturated rings. The molecule has 6 atom stereocenters. The van der Waals surface area contributed by atoms with Crippen LogP contribution in [0.2, 0.25) is 0 Å². The SMILES string of the molecule is CC(C)C[C@H](NC(=O)[C@H](CCN=C(N)N[N+](=O)[O-])NC(=O)c1ccc2ccccc2c1)B1O[C@@H]2C[C@@H]3C[C@@H](C3(C)C)[C@]2(C)O1. The monoisotopic (exact) mass is 606 g/mol. The fourth-order valence-electron chi connectivity index (χ4n) is 7.38. The quantitative estimate of drug-likeness (QED) is 0.0993. The van der Waals surface area contributed by atoms with Crippen molar-refractivity contribution in [2.75, 3.05) is 6.54 Å². The number of hydrazine groups is 1. The zero-order valence-electron chi connectivity index (χ0n) is 26.0. The van der Waals surface area contributed by atoms with Crippen LogP contribution in [0.15, 0.2) is 47.5 Å². The molecule has 6 rings (SSSR count). The van der Waals surface area contributed by atoms with Gasteiger partial charge in [0, 0.05) is 12.1 Å². The number of carbonyl (C=O) groups is 2. The summed E-state index contributed by atoms with van der Waals surface area (Å²) in [5.41, 5.74) is 7.53. The number of nitro groups is 1. The number of aliphatic imine (C=N–C) groups is 1. The number of nitrogens with zero attached hydrogens (tertiary/aromatic N) is 2. The molecule has 0 spiro atoms. The molecule has 2 amide bonds. The van der Waals surface area contributed by atoms with E-state index in [1.54, 1.807) is 17.6 Å². The summed E-state index contributed by atoms with van der Waals surface area (Å²) in [7, 11) is -0.624. The molecule has 3 aliphatic carbocycles. The topological polar surface area (TPSA) is 170 Å².